The van der Waals surface area contributed by atoms with Crippen LogP contribution in [0.4, 0.5) is 11.4 Å². The zero-order valence-electron chi connectivity index (χ0n) is 10.8. The minimum absolute atomic E-state index is 0.619. The van der Waals surface area contributed by atoms with Crippen LogP contribution >= 0.6 is 0 Å². The van der Waals surface area contributed by atoms with Crippen LogP contribution in [0.1, 0.15) is 20.3 Å². The molecule has 96 valence electrons. The van der Waals surface area contributed by atoms with E-state index < -0.39 is 0 Å². The highest BCUT2D eigenvalue weighted by Gasteiger charge is 2.25. The van der Waals surface area contributed by atoms with Crippen LogP contribution in [0.15, 0.2) is 16.8 Å². The van der Waals surface area contributed by atoms with Gasteiger partial charge in [-0.05, 0) is 40.7 Å². The third-order valence-electron chi connectivity index (χ3n) is 4.10. The number of hydrogen-bond donors (Lipinski definition) is 1. The predicted molar refractivity (Wildman–Crippen MR) is 71.4 cm³/mol. The van der Waals surface area contributed by atoms with Crippen molar-refractivity contribution in [1.82, 2.24) is 10.3 Å². The Balaban J connectivity index is 2.00. The summed E-state index contributed by atoms with van der Waals surface area (Å²) in [5.74, 6) is 1.46. The molecule has 1 aromatic carbocycles. The molecule has 1 fully saturated rings. The smallest absolute Gasteiger partial charge is 0.160 e. The Kier molecular flexibility index (Phi) is 2.61. The topological polar surface area (TPSA) is 68.2 Å². The molecule has 2 atom stereocenters. The lowest BCUT2D eigenvalue weighted by atomic mass is 9.88. The molecule has 1 aliphatic rings. The second-order valence-corrected chi connectivity index (χ2v) is 5.32. The summed E-state index contributed by atoms with van der Waals surface area (Å²) < 4.78 is 4.82. The highest BCUT2D eigenvalue weighted by Crippen LogP contribution is 2.32. The fourth-order valence-corrected chi connectivity index (χ4v) is 2.61. The summed E-state index contributed by atoms with van der Waals surface area (Å²) in [4.78, 5) is 2.36. The van der Waals surface area contributed by atoms with Crippen molar-refractivity contribution in [1.29, 1.82) is 0 Å². The highest BCUT2D eigenvalue weighted by atomic mass is 16.6. The van der Waals surface area contributed by atoms with Gasteiger partial charge in [-0.1, -0.05) is 13.8 Å². The Morgan fingerprint density at radius 1 is 1.22 bits per heavy atom. The molecule has 1 aromatic heterocycles. The molecule has 0 radical (unpaired) electrons. The second kappa shape index (κ2) is 4.15. The van der Waals surface area contributed by atoms with E-state index in [2.05, 4.69) is 29.1 Å². The van der Waals surface area contributed by atoms with Crippen molar-refractivity contribution >= 4 is 22.4 Å². The van der Waals surface area contributed by atoms with E-state index in [-0.39, 0.29) is 0 Å². The molecule has 2 heterocycles. The molecule has 5 heteroatoms. The van der Waals surface area contributed by atoms with Crippen LogP contribution in [0.5, 0.6) is 0 Å². The maximum atomic E-state index is 5.87. The van der Waals surface area contributed by atoms with Crippen LogP contribution in [0.2, 0.25) is 0 Å². The predicted octanol–water partition coefficient (Wildman–Crippen LogP) is 2.29. The normalized spacial score (nSPS) is 24.7. The zero-order chi connectivity index (χ0) is 12.7. The molecule has 2 N–H and O–H groups in total. The maximum Gasteiger partial charge on any atom is 0.160 e. The first kappa shape index (κ1) is 11.3. The summed E-state index contributed by atoms with van der Waals surface area (Å²) in [5, 5.41) is 7.86. The number of benzene rings is 1. The van der Waals surface area contributed by atoms with Gasteiger partial charge in [0.15, 0.2) is 11.0 Å². The van der Waals surface area contributed by atoms with Gasteiger partial charge in [0.2, 0.25) is 0 Å². The van der Waals surface area contributed by atoms with Crippen molar-refractivity contribution in [3.05, 3.63) is 12.1 Å². The van der Waals surface area contributed by atoms with E-state index in [4.69, 9.17) is 10.4 Å². The standard InChI is InChI=1S/C13H18N4O/c1-8-5-6-17(7-9(8)2)11-4-3-10(14)12-13(11)16-18-15-12/h3-4,8-9H,5-7,14H2,1-2H3. The third-order valence-corrected chi connectivity index (χ3v) is 4.10. The first-order valence-electron chi connectivity index (χ1n) is 6.42. The van der Waals surface area contributed by atoms with Crippen LogP contribution in [-0.4, -0.2) is 23.4 Å². The molecule has 18 heavy (non-hydrogen) atoms. The summed E-state index contributed by atoms with van der Waals surface area (Å²) in [5.41, 5.74) is 9.01. The monoisotopic (exact) mass is 246 g/mol. The minimum atomic E-state index is 0.619. The Hall–Kier alpha value is -1.78. The SMILES string of the molecule is CC1CCN(c2ccc(N)c3nonc23)CC1C. The maximum absolute atomic E-state index is 5.87. The molecular formula is C13H18N4O. The zero-order valence-corrected chi connectivity index (χ0v) is 10.8. The van der Waals surface area contributed by atoms with E-state index in [1.54, 1.807) is 0 Å². The van der Waals surface area contributed by atoms with Crippen LogP contribution in [0.25, 0.3) is 11.0 Å². The number of nitrogen functional groups attached to an aromatic ring is 1. The Morgan fingerprint density at radius 3 is 2.78 bits per heavy atom. The van der Waals surface area contributed by atoms with Crippen LogP contribution in [-0.2, 0) is 0 Å². The molecule has 5 nitrogen and oxygen atoms in total. The van der Waals surface area contributed by atoms with Gasteiger partial charge in [0.1, 0.15) is 0 Å². The van der Waals surface area contributed by atoms with E-state index in [1.807, 2.05) is 12.1 Å². The van der Waals surface area contributed by atoms with Crippen LogP contribution < -0.4 is 10.6 Å². The largest absolute Gasteiger partial charge is 0.397 e. The molecule has 2 aromatic rings. The molecule has 3 rings (SSSR count). The van der Waals surface area contributed by atoms with Crippen molar-refractivity contribution < 1.29 is 4.63 Å². The molecule has 2 unspecified atom stereocenters. The van der Waals surface area contributed by atoms with Crippen molar-refractivity contribution in [2.45, 2.75) is 20.3 Å². The van der Waals surface area contributed by atoms with E-state index >= 15 is 0 Å². The third kappa shape index (κ3) is 1.70. The molecular weight excluding hydrogens is 228 g/mol. The van der Waals surface area contributed by atoms with Crippen molar-refractivity contribution in [3.8, 4) is 0 Å². The second-order valence-electron chi connectivity index (χ2n) is 5.32. The number of hydrogen-bond acceptors (Lipinski definition) is 5. The Bertz CT molecular complexity index is 565. The number of anilines is 2. The number of piperidine rings is 1. The fraction of sp³-hybridized carbons (Fsp3) is 0.538. The first-order chi connectivity index (χ1) is 8.66. The van der Waals surface area contributed by atoms with Crippen molar-refractivity contribution in [3.63, 3.8) is 0 Å². The molecule has 0 spiro atoms. The number of rotatable bonds is 1. The van der Waals surface area contributed by atoms with Gasteiger partial charge < -0.3 is 10.6 Å². The van der Waals surface area contributed by atoms with Crippen LogP contribution in [0.3, 0.4) is 0 Å². The van der Waals surface area contributed by atoms with E-state index in [1.165, 1.54) is 6.42 Å². The summed E-state index contributed by atoms with van der Waals surface area (Å²) in [6.07, 6.45) is 1.21. The molecule has 0 bridgehead atoms. The van der Waals surface area contributed by atoms with Gasteiger partial charge in [-0.3, -0.25) is 0 Å². The molecule has 1 saturated heterocycles. The van der Waals surface area contributed by atoms with Crippen molar-refractivity contribution in [2.75, 3.05) is 23.7 Å². The van der Waals surface area contributed by atoms with E-state index in [9.17, 15) is 0 Å². The summed E-state index contributed by atoms with van der Waals surface area (Å²) in [6.45, 7) is 6.72. The minimum Gasteiger partial charge on any atom is -0.397 e. The molecule has 0 amide bonds. The van der Waals surface area contributed by atoms with Crippen LogP contribution in [0, 0.1) is 11.8 Å². The summed E-state index contributed by atoms with van der Waals surface area (Å²) in [6, 6.07) is 3.90. The molecule has 0 aliphatic carbocycles. The summed E-state index contributed by atoms with van der Waals surface area (Å²) in [7, 11) is 0. The number of fused-ring (bicyclic) bond motifs is 1. The average molecular weight is 246 g/mol. The highest BCUT2D eigenvalue weighted by molar-refractivity contribution is 5.95. The Labute approximate surface area is 106 Å². The van der Waals surface area contributed by atoms with Gasteiger partial charge in [-0.25, -0.2) is 4.63 Å². The van der Waals surface area contributed by atoms with E-state index in [0.29, 0.717) is 17.1 Å². The number of nitrogens with zero attached hydrogens (tertiary/aromatic N) is 3. The Morgan fingerprint density at radius 2 is 2.00 bits per heavy atom. The van der Waals surface area contributed by atoms with Crippen molar-refractivity contribution in [2.24, 2.45) is 11.8 Å². The lowest BCUT2D eigenvalue weighted by molar-refractivity contribution is 0.314. The first-order valence-corrected chi connectivity index (χ1v) is 6.42. The number of nitrogens with two attached hydrogens (primary N) is 1. The van der Waals surface area contributed by atoms with Gasteiger partial charge in [-0.2, -0.15) is 0 Å². The fourth-order valence-electron chi connectivity index (χ4n) is 2.61. The summed E-state index contributed by atoms with van der Waals surface area (Å²) >= 11 is 0. The lowest BCUT2D eigenvalue weighted by Crippen LogP contribution is -2.38. The van der Waals surface area contributed by atoms with Gasteiger partial charge in [0.05, 0.1) is 11.4 Å². The average Bonchev–Trinajstić information content (AvgIpc) is 2.83. The van der Waals surface area contributed by atoms with E-state index in [0.717, 1.165) is 30.2 Å². The quantitative estimate of drug-likeness (QED) is 0.782. The van der Waals surface area contributed by atoms with Gasteiger partial charge in [-0.15, -0.1) is 0 Å². The molecule has 1 aliphatic heterocycles. The lowest BCUT2D eigenvalue weighted by Gasteiger charge is -2.36. The van der Waals surface area contributed by atoms with Gasteiger partial charge in [0, 0.05) is 13.1 Å². The van der Waals surface area contributed by atoms with Gasteiger partial charge >= 0.3 is 0 Å². The molecule has 0 saturated carbocycles. The number of aromatic nitrogens is 2. The van der Waals surface area contributed by atoms with Gasteiger partial charge in [0.25, 0.3) is 0 Å².